The largest absolute Gasteiger partial charge is 0.378 e. The van der Waals surface area contributed by atoms with E-state index in [0.717, 1.165) is 5.56 Å². The number of nitrogens with zero attached hydrogens (tertiary/aromatic N) is 3. The second kappa shape index (κ2) is 8.32. The van der Waals surface area contributed by atoms with Gasteiger partial charge in [-0.25, -0.2) is 13.4 Å². The summed E-state index contributed by atoms with van der Waals surface area (Å²) >= 11 is 0. The average molecular weight is 443 g/mol. The van der Waals surface area contributed by atoms with Crippen LogP contribution in [-0.2, 0) is 21.6 Å². The van der Waals surface area contributed by atoms with Crippen molar-refractivity contribution in [3.05, 3.63) is 58.4 Å². The van der Waals surface area contributed by atoms with Gasteiger partial charge < -0.3 is 15.0 Å². The van der Waals surface area contributed by atoms with Crippen LogP contribution < -0.4 is 15.8 Å². The van der Waals surface area contributed by atoms with Gasteiger partial charge in [-0.05, 0) is 25.1 Å². The van der Waals surface area contributed by atoms with Crippen LogP contribution in [0.5, 0.6) is 0 Å². The van der Waals surface area contributed by atoms with E-state index >= 15 is 0 Å². The van der Waals surface area contributed by atoms with Crippen molar-refractivity contribution in [3.8, 4) is 0 Å². The molecule has 0 spiro atoms. The molecule has 4 rings (SSSR count). The van der Waals surface area contributed by atoms with Gasteiger partial charge in [-0.1, -0.05) is 24.3 Å². The Kier molecular flexibility index (Phi) is 5.72. The lowest BCUT2D eigenvalue weighted by Crippen LogP contribution is -2.40. The molecule has 1 fully saturated rings. The Morgan fingerprint density at radius 1 is 1.10 bits per heavy atom. The number of anilines is 2. The van der Waals surface area contributed by atoms with Gasteiger partial charge >= 0.3 is 0 Å². The van der Waals surface area contributed by atoms with Crippen molar-refractivity contribution in [2.45, 2.75) is 17.9 Å². The molecule has 0 amide bonds. The third-order valence-corrected chi connectivity index (χ3v) is 6.69. The average Bonchev–Trinajstić information content (AvgIpc) is 2.76. The van der Waals surface area contributed by atoms with E-state index in [9.17, 15) is 13.2 Å². The minimum absolute atomic E-state index is 0.114. The quantitative estimate of drug-likeness (QED) is 0.648. The van der Waals surface area contributed by atoms with Crippen LogP contribution in [0.15, 0.2) is 52.2 Å². The first kappa shape index (κ1) is 21.3. The van der Waals surface area contributed by atoms with E-state index in [1.807, 2.05) is 19.1 Å². The highest BCUT2D eigenvalue weighted by Gasteiger charge is 2.21. The number of hydrogen-bond donors (Lipinski definition) is 1. The standard InChI is InChI=1S/C22H26N4O4S/c1-15(23-18-9-4-5-10-19(18)31(3,28)29)16-7-6-8-17-20(16)24-22(25(2)21(17)27)26-11-13-30-14-12-26/h4-10,15,23H,11-14H2,1-3H3/t15-/m1/s1. The highest BCUT2D eigenvalue weighted by molar-refractivity contribution is 7.90. The second-order valence-electron chi connectivity index (χ2n) is 7.75. The molecule has 0 radical (unpaired) electrons. The monoisotopic (exact) mass is 442 g/mol. The molecule has 1 aliphatic heterocycles. The first-order chi connectivity index (χ1) is 14.8. The molecule has 2 heterocycles. The number of sulfone groups is 1. The molecule has 8 nitrogen and oxygen atoms in total. The minimum atomic E-state index is -3.39. The van der Waals surface area contributed by atoms with E-state index in [1.54, 1.807) is 41.9 Å². The summed E-state index contributed by atoms with van der Waals surface area (Å²) in [6.45, 7) is 4.46. The third-order valence-electron chi connectivity index (χ3n) is 5.53. The Balaban J connectivity index is 1.79. The summed E-state index contributed by atoms with van der Waals surface area (Å²) in [7, 11) is -1.65. The molecule has 0 unspecified atom stereocenters. The highest BCUT2D eigenvalue weighted by Crippen LogP contribution is 2.29. The number of rotatable bonds is 5. The van der Waals surface area contributed by atoms with Gasteiger partial charge in [0, 0.05) is 32.0 Å². The van der Waals surface area contributed by atoms with E-state index in [1.165, 1.54) is 6.26 Å². The highest BCUT2D eigenvalue weighted by atomic mass is 32.2. The molecular formula is C22H26N4O4S. The fourth-order valence-electron chi connectivity index (χ4n) is 3.92. The van der Waals surface area contributed by atoms with Crippen LogP contribution in [0.2, 0.25) is 0 Å². The minimum Gasteiger partial charge on any atom is -0.378 e. The summed E-state index contributed by atoms with van der Waals surface area (Å²) < 4.78 is 31.4. The van der Waals surface area contributed by atoms with Crippen molar-refractivity contribution in [1.82, 2.24) is 9.55 Å². The lowest BCUT2D eigenvalue weighted by atomic mass is 10.0. The molecule has 1 N–H and O–H groups in total. The first-order valence-corrected chi connectivity index (χ1v) is 12.0. The molecular weight excluding hydrogens is 416 g/mol. The zero-order valence-corrected chi connectivity index (χ0v) is 18.6. The van der Waals surface area contributed by atoms with Crippen LogP contribution in [-0.4, -0.2) is 50.5 Å². The Morgan fingerprint density at radius 3 is 2.52 bits per heavy atom. The molecule has 2 aromatic carbocycles. The lowest BCUT2D eigenvalue weighted by molar-refractivity contribution is 0.121. The predicted octanol–water partition coefficient (Wildman–Crippen LogP) is 2.35. The van der Waals surface area contributed by atoms with Gasteiger partial charge in [-0.2, -0.15) is 0 Å². The van der Waals surface area contributed by atoms with Crippen LogP contribution in [0.25, 0.3) is 10.9 Å². The number of para-hydroxylation sites is 2. The smallest absolute Gasteiger partial charge is 0.262 e. The topological polar surface area (TPSA) is 93.5 Å². The molecule has 1 atom stereocenters. The molecule has 0 bridgehead atoms. The first-order valence-electron chi connectivity index (χ1n) is 10.2. The molecule has 9 heteroatoms. The van der Waals surface area contributed by atoms with Gasteiger partial charge in [0.05, 0.1) is 40.7 Å². The fraction of sp³-hybridized carbons (Fsp3) is 0.364. The van der Waals surface area contributed by atoms with E-state index in [-0.39, 0.29) is 16.5 Å². The number of ether oxygens (including phenoxy) is 1. The predicted molar refractivity (Wildman–Crippen MR) is 122 cm³/mol. The number of nitrogens with one attached hydrogen (secondary N) is 1. The molecule has 1 aromatic heterocycles. The summed E-state index contributed by atoms with van der Waals surface area (Å²) in [5, 5.41) is 3.83. The van der Waals surface area contributed by atoms with E-state index < -0.39 is 9.84 Å². The van der Waals surface area contributed by atoms with Crippen LogP contribution >= 0.6 is 0 Å². The van der Waals surface area contributed by atoms with Crippen LogP contribution in [0.3, 0.4) is 0 Å². The van der Waals surface area contributed by atoms with E-state index in [0.29, 0.717) is 48.8 Å². The maximum absolute atomic E-state index is 13.1. The maximum Gasteiger partial charge on any atom is 0.262 e. The number of benzene rings is 2. The summed E-state index contributed by atoms with van der Waals surface area (Å²) in [5.74, 6) is 0.608. The van der Waals surface area contributed by atoms with Crippen LogP contribution in [0.1, 0.15) is 18.5 Å². The van der Waals surface area contributed by atoms with Gasteiger partial charge in [-0.3, -0.25) is 9.36 Å². The van der Waals surface area contributed by atoms with Gasteiger partial charge in [0.25, 0.3) is 5.56 Å². The molecule has 31 heavy (non-hydrogen) atoms. The van der Waals surface area contributed by atoms with E-state index in [4.69, 9.17) is 9.72 Å². The molecule has 0 saturated carbocycles. The van der Waals surface area contributed by atoms with Gasteiger partial charge in [0.1, 0.15) is 0 Å². The Hall–Kier alpha value is -2.91. The van der Waals surface area contributed by atoms with Crippen LogP contribution in [0, 0.1) is 0 Å². The van der Waals surface area contributed by atoms with Gasteiger partial charge in [-0.15, -0.1) is 0 Å². The number of morpholine rings is 1. The van der Waals surface area contributed by atoms with Crippen molar-refractivity contribution in [1.29, 1.82) is 0 Å². The number of hydrogen-bond acceptors (Lipinski definition) is 7. The zero-order chi connectivity index (χ0) is 22.2. The lowest BCUT2D eigenvalue weighted by Gasteiger charge is -2.29. The summed E-state index contributed by atoms with van der Waals surface area (Å²) in [6.07, 6.45) is 1.19. The van der Waals surface area contributed by atoms with Gasteiger partial charge in [0.15, 0.2) is 9.84 Å². The zero-order valence-electron chi connectivity index (χ0n) is 17.8. The van der Waals surface area contributed by atoms with Crippen molar-refractivity contribution in [3.63, 3.8) is 0 Å². The summed E-state index contributed by atoms with van der Waals surface area (Å²) in [6, 6.07) is 12.1. The summed E-state index contributed by atoms with van der Waals surface area (Å²) in [4.78, 5) is 20.2. The van der Waals surface area contributed by atoms with E-state index in [2.05, 4.69) is 10.2 Å². The molecule has 1 saturated heterocycles. The second-order valence-corrected chi connectivity index (χ2v) is 9.74. The Bertz CT molecular complexity index is 1280. The van der Waals surface area contributed by atoms with Crippen LogP contribution in [0.4, 0.5) is 11.6 Å². The normalized spacial score (nSPS) is 15.8. The fourth-order valence-corrected chi connectivity index (χ4v) is 4.77. The molecule has 0 aliphatic carbocycles. The SMILES string of the molecule is C[C@@H](Nc1ccccc1S(C)(=O)=O)c1cccc2c(=O)n(C)c(N3CCOCC3)nc12. The van der Waals surface area contributed by atoms with Crippen molar-refractivity contribution >= 4 is 32.4 Å². The maximum atomic E-state index is 13.1. The Morgan fingerprint density at radius 2 is 1.81 bits per heavy atom. The molecule has 1 aliphatic rings. The number of aromatic nitrogens is 2. The van der Waals surface area contributed by atoms with Crippen molar-refractivity contribution < 1.29 is 13.2 Å². The number of fused-ring (bicyclic) bond motifs is 1. The molecule has 164 valence electrons. The molecule has 3 aromatic rings. The Labute approximate surface area is 181 Å². The van der Waals surface area contributed by atoms with Crippen molar-refractivity contribution in [2.24, 2.45) is 7.05 Å². The third kappa shape index (κ3) is 4.15. The van der Waals surface area contributed by atoms with Crippen molar-refractivity contribution in [2.75, 3.05) is 42.8 Å². The summed E-state index contributed by atoms with van der Waals surface area (Å²) in [5.41, 5.74) is 1.85. The van der Waals surface area contributed by atoms with Gasteiger partial charge in [0.2, 0.25) is 5.95 Å².